The molecule has 0 spiro atoms. The predicted octanol–water partition coefficient (Wildman–Crippen LogP) is 2.55. The lowest BCUT2D eigenvalue weighted by atomic mass is 10.1. The highest BCUT2D eigenvalue weighted by Crippen LogP contribution is 2.26. The van der Waals surface area contributed by atoms with Gasteiger partial charge in [-0.2, -0.15) is 0 Å². The third-order valence-electron chi connectivity index (χ3n) is 5.54. The van der Waals surface area contributed by atoms with Crippen molar-refractivity contribution in [2.45, 2.75) is 46.1 Å². The molecule has 2 heterocycles. The highest BCUT2D eigenvalue weighted by atomic mass is 16.5. The van der Waals surface area contributed by atoms with E-state index in [0.29, 0.717) is 6.04 Å². The van der Waals surface area contributed by atoms with E-state index in [1.54, 1.807) is 0 Å². The average Bonchev–Trinajstić information content (AvgIpc) is 3.31. The van der Waals surface area contributed by atoms with Crippen molar-refractivity contribution in [1.82, 2.24) is 15.1 Å². The molecule has 0 saturated carbocycles. The summed E-state index contributed by atoms with van der Waals surface area (Å²) in [5, 5.41) is 3.49. The number of likely N-dealkylation sites (N-methyl/N-ethyl adjacent to an activating group) is 1. The lowest BCUT2D eigenvalue weighted by molar-refractivity contribution is 0.223. The number of nitrogens with zero attached hydrogens (tertiary/aromatic N) is 3. The van der Waals surface area contributed by atoms with Crippen molar-refractivity contribution in [3.05, 3.63) is 29.3 Å². The van der Waals surface area contributed by atoms with E-state index >= 15 is 0 Å². The number of hydrogen-bond donors (Lipinski definition) is 1. The van der Waals surface area contributed by atoms with E-state index in [-0.39, 0.29) is 0 Å². The number of ether oxygens (including phenoxy) is 1. The number of aliphatic imine (C=N–C) groups is 1. The Morgan fingerprint density at radius 1 is 1.31 bits per heavy atom. The fourth-order valence-electron chi connectivity index (χ4n) is 4.08. The van der Waals surface area contributed by atoms with Crippen LogP contribution in [0.1, 0.15) is 38.3 Å². The van der Waals surface area contributed by atoms with Crippen LogP contribution in [0.15, 0.2) is 23.2 Å². The molecule has 2 aliphatic heterocycles. The van der Waals surface area contributed by atoms with Gasteiger partial charge in [0.05, 0.1) is 6.61 Å². The second kappa shape index (κ2) is 9.26. The Balaban J connectivity index is 1.57. The van der Waals surface area contributed by atoms with Gasteiger partial charge >= 0.3 is 0 Å². The normalized spacial score (nSPS) is 19.8. The average molecular weight is 359 g/mol. The largest absolute Gasteiger partial charge is 0.493 e. The van der Waals surface area contributed by atoms with Crippen LogP contribution in [0.25, 0.3) is 0 Å². The number of nitrogens with one attached hydrogen (secondary N) is 1. The van der Waals surface area contributed by atoms with E-state index in [9.17, 15) is 0 Å². The topological polar surface area (TPSA) is 40.1 Å². The van der Waals surface area contributed by atoms with Crippen LogP contribution >= 0.6 is 0 Å². The van der Waals surface area contributed by atoms with Crippen LogP contribution in [0, 0.1) is 0 Å². The molecular formula is C21H34N4O. The van der Waals surface area contributed by atoms with E-state index in [2.05, 4.69) is 54.1 Å². The molecule has 0 aromatic heterocycles. The number of guanidine groups is 1. The molecule has 0 radical (unpaired) electrons. The molecule has 5 nitrogen and oxygen atoms in total. The van der Waals surface area contributed by atoms with Gasteiger partial charge < -0.3 is 15.0 Å². The quantitative estimate of drug-likeness (QED) is 0.601. The van der Waals surface area contributed by atoms with E-state index < -0.39 is 0 Å². The monoisotopic (exact) mass is 358 g/mol. The third kappa shape index (κ3) is 4.50. The Kier molecular flexibility index (Phi) is 6.78. The van der Waals surface area contributed by atoms with Gasteiger partial charge in [-0.05, 0) is 50.0 Å². The second-order valence-corrected chi connectivity index (χ2v) is 7.14. The maximum Gasteiger partial charge on any atom is 0.193 e. The van der Waals surface area contributed by atoms with Crippen LogP contribution in [-0.4, -0.2) is 67.7 Å². The smallest absolute Gasteiger partial charge is 0.193 e. The fraction of sp³-hybridized carbons (Fsp3) is 0.667. The Bertz CT molecular complexity index is 612. The molecule has 1 fully saturated rings. The Hall–Kier alpha value is -1.75. The summed E-state index contributed by atoms with van der Waals surface area (Å²) >= 11 is 0. The molecule has 0 aliphatic carbocycles. The fourth-order valence-corrected chi connectivity index (χ4v) is 4.08. The lowest BCUT2D eigenvalue weighted by Crippen LogP contribution is -2.43. The molecular weight excluding hydrogens is 324 g/mol. The number of rotatable bonds is 7. The highest BCUT2D eigenvalue weighted by molar-refractivity contribution is 5.80. The molecule has 2 aliphatic rings. The van der Waals surface area contributed by atoms with E-state index in [0.717, 1.165) is 70.4 Å². The van der Waals surface area contributed by atoms with Crippen molar-refractivity contribution in [3.8, 4) is 5.75 Å². The van der Waals surface area contributed by atoms with Crippen LogP contribution < -0.4 is 10.1 Å². The first kappa shape index (κ1) is 19.0. The van der Waals surface area contributed by atoms with Gasteiger partial charge in [0, 0.05) is 38.6 Å². The standard InChI is InChI=1S/C21H34N4O/c1-4-22-21(25-13-10-19(16-25)24(5-2)6-3)23-12-9-17-7-8-20-18(15-17)11-14-26-20/h7-8,15,19H,4-6,9-14,16H2,1-3H3,(H,22,23). The van der Waals surface area contributed by atoms with Gasteiger partial charge in [0.15, 0.2) is 5.96 Å². The van der Waals surface area contributed by atoms with E-state index in [1.807, 2.05) is 0 Å². The molecule has 5 heteroatoms. The molecule has 0 bridgehead atoms. The van der Waals surface area contributed by atoms with Crippen molar-refractivity contribution >= 4 is 5.96 Å². The maximum atomic E-state index is 5.60. The number of benzene rings is 1. The van der Waals surface area contributed by atoms with Crippen LogP contribution in [0.2, 0.25) is 0 Å². The van der Waals surface area contributed by atoms with Gasteiger partial charge in [-0.25, -0.2) is 0 Å². The molecule has 1 atom stereocenters. The van der Waals surface area contributed by atoms with Crippen LogP contribution in [0.5, 0.6) is 5.75 Å². The zero-order valence-electron chi connectivity index (χ0n) is 16.6. The minimum Gasteiger partial charge on any atom is -0.493 e. The Morgan fingerprint density at radius 2 is 2.15 bits per heavy atom. The van der Waals surface area contributed by atoms with Crippen LogP contribution in [0.4, 0.5) is 0 Å². The molecule has 1 aromatic rings. The lowest BCUT2D eigenvalue weighted by Gasteiger charge is -2.27. The van der Waals surface area contributed by atoms with Crippen molar-refractivity contribution in [2.24, 2.45) is 4.99 Å². The maximum absolute atomic E-state index is 5.60. The third-order valence-corrected chi connectivity index (χ3v) is 5.54. The van der Waals surface area contributed by atoms with Crippen molar-refractivity contribution in [1.29, 1.82) is 0 Å². The first-order valence-corrected chi connectivity index (χ1v) is 10.3. The summed E-state index contributed by atoms with van der Waals surface area (Å²) in [6.45, 7) is 13.7. The molecule has 1 saturated heterocycles. The summed E-state index contributed by atoms with van der Waals surface area (Å²) in [4.78, 5) is 9.91. The van der Waals surface area contributed by atoms with Crippen molar-refractivity contribution < 1.29 is 4.74 Å². The molecule has 144 valence electrons. The number of hydrogen-bond acceptors (Lipinski definition) is 3. The van der Waals surface area contributed by atoms with Gasteiger partial charge in [-0.1, -0.05) is 26.0 Å². The minimum absolute atomic E-state index is 0.658. The van der Waals surface area contributed by atoms with Gasteiger partial charge in [0.2, 0.25) is 0 Å². The molecule has 1 aromatic carbocycles. The summed E-state index contributed by atoms with van der Waals surface area (Å²) < 4.78 is 5.60. The van der Waals surface area contributed by atoms with Crippen LogP contribution in [0.3, 0.4) is 0 Å². The Morgan fingerprint density at radius 3 is 2.92 bits per heavy atom. The molecule has 1 unspecified atom stereocenters. The van der Waals surface area contributed by atoms with E-state index in [4.69, 9.17) is 9.73 Å². The van der Waals surface area contributed by atoms with Crippen molar-refractivity contribution in [2.75, 3.05) is 45.9 Å². The first-order valence-electron chi connectivity index (χ1n) is 10.3. The molecule has 0 amide bonds. The molecule has 26 heavy (non-hydrogen) atoms. The molecule has 1 N–H and O–H groups in total. The zero-order chi connectivity index (χ0) is 18.4. The summed E-state index contributed by atoms with van der Waals surface area (Å²) in [6.07, 6.45) is 3.25. The summed E-state index contributed by atoms with van der Waals surface area (Å²) in [5.41, 5.74) is 2.70. The zero-order valence-corrected chi connectivity index (χ0v) is 16.6. The predicted molar refractivity (Wildman–Crippen MR) is 108 cm³/mol. The summed E-state index contributed by atoms with van der Waals surface area (Å²) in [5.74, 6) is 2.14. The number of fused-ring (bicyclic) bond motifs is 1. The SMILES string of the molecule is CCNC(=NCCc1ccc2c(c1)CCO2)N1CCC(N(CC)CC)C1. The van der Waals surface area contributed by atoms with E-state index in [1.165, 1.54) is 17.5 Å². The number of likely N-dealkylation sites (tertiary alicyclic amines) is 1. The summed E-state index contributed by atoms with van der Waals surface area (Å²) in [6, 6.07) is 7.24. The van der Waals surface area contributed by atoms with Gasteiger partial charge in [0.1, 0.15) is 5.75 Å². The summed E-state index contributed by atoms with van der Waals surface area (Å²) in [7, 11) is 0. The Labute approximate surface area is 158 Å². The molecule has 3 rings (SSSR count). The first-order chi connectivity index (χ1) is 12.7. The van der Waals surface area contributed by atoms with Gasteiger partial charge in [-0.15, -0.1) is 0 Å². The van der Waals surface area contributed by atoms with Gasteiger partial charge in [-0.3, -0.25) is 9.89 Å². The second-order valence-electron chi connectivity index (χ2n) is 7.14. The van der Waals surface area contributed by atoms with Crippen LogP contribution in [-0.2, 0) is 12.8 Å². The van der Waals surface area contributed by atoms with Crippen molar-refractivity contribution in [3.63, 3.8) is 0 Å². The minimum atomic E-state index is 0.658. The highest BCUT2D eigenvalue weighted by Gasteiger charge is 2.27. The van der Waals surface area contributed by atoms with Gasteiger partial charge in [0.25, 0.3) is 0 Å².